The monoisotopic (exact) mass is 902 g/mol. The molecular weight excluding hydrogens is 864 g/mol. The third kappa shape index (κ3) is 7.19. The van der Waals surface area contributed by atoms with Gasteiger partial charge in [0.1, 0.15) is 28.7 Å². The zero-order chi connectivity index (χ0) is 39.4. The highest BCUT2D eigenvalue weighted by Crippen LogP contribution is 2.51. The van der Waals surface area contributed by atoms with Crippen LogP contribution in [0.4, 0.5) is 25.2 Å². The number of carbonyl (C=O) groups is 1. The molecule has 0 aliphatic carbocycles. The normalized spacial score (nSPS) is 18.2. The van der Waals surface area contributed by atoms with Gasteiger partial charge in [-0.3, -0.25) is 4.90 Å². The highest BCUT2D eigenvalue weighted by atomic mass is 127. The Hall–Kier alpha value is -4.21. The summed E-state index contributed by atoms with van der Waals surface area (Å²) in [7, 11) is 3.21. The van der Waals surface area contributed by atoms with Gasteiger partial charge in [-0.1, -0.05) is 68.2 Å². The van der Waals surface area contributed by atoms with E-state index in [1.165, 1.54) is 6.07 Å². The smallest absolute Gasteiger partial charge is 0.408 e. The Labute approximate surface area is 341 Å². The van der Waals surface area contributed by atoms with E-state index in [0.29, 0.717) is 40.3 Å². The number of ether oxygens (including phenoxy) is 2. The minimum Gasteiger partial charge on any atom is -0.497 e. The molecule has 2 aromatic heterocycles. The Morgan fingerprint density at radius 1 is 0.964 bits per heavy atom. The second kappa shape index (κ2) is 15.0. The summed E-state index contributed by atoms with van der Waals surface area (Å²) in [5, 5.41) is 10.8. The lowest BCUT2D eigenvalue weighted by Crippen LogP contribution is -2.68. The second-order valence-corrected chi connectivity index (χ2v) is 16.8. The Bertz CT molecular complexity index is 2230. The number of pyridine rings is 1. The summed E-state index contributed by atoms with van der Waals surface area (Å²) in [6.45, 7) is 7.33. The van der Waals surface area contributed by atoms with Gasteiger partial charge in [-0.05, 0) is 82.3 Å². The average molecular weight is 904 g/mol. The fourth-order valence-electron chi connectivity index (χ4n) is 7.99. The lowest BCUT2D eigenvalue weighted by atomic mass is 9.71. The molecule has 2 aliphatic rings. The number of benzene rings is 3. The SMILES string of the molecule is COc1ccc(CN(Cc2ccc(OC)cc2)c2cc(Cl)c(I)c(-c3c(Cl)cc4c(N5CC6CCC(C(C)(C)C)(C5)N6C(=O)O)nc(F)nc4c3F)n2)cc1. The molecule has 2 fully saturated rings. The molecule has 2 bridgehead atoms. The first-order chi connectivity index (χ1) is 26.1. The first-order valence-electron chi connectivity index (χ1n) is 17.6. The van der Waals surface area contributed by atoms with Crippen LogP contribution in [0, 0.1) is 20.9 Å². The van der Waals surface area contributed by atoms with Crippen LogP contribution < -0.4 is 19.3 Å². The summed E-state index contributed by atoms with van der Waals surface area (Å²) in [6.07, 6.45) is -0.847. The van der Waals surface area contributed by atoms with Crippen LogP contribution in [0.25, 0.3) is 22.2 Å². The van der Waals surface area contributed by atoms with Crippen LogP contribution >= 0.6 is 45.8 Å². The molecule has 7 rings (SSSR count). The zero-order valence-corrected chi connectivity index (χ0v) is 34.5. The number of amides is 1. The molecule has 4 heterocycles. The summed E-state index contributed by atoms with van der Waals surface area (Å²) in [4.78, 5) is 31.0. The number of hydrogen-bond donors (Lipinski definition) is 1. The van der Waals surface area contributed by atoms with Crippen LogP contribution in [0.5, 0.6) is 11.5 Å². The van der Waals surface area contributed by atoms with Gasteiger partial charge in [0, 0.05) is 37.6 Å². The van der Waals surface area contributed by atoms with E-state index in [0.717, 1.165) is 22.6 Å². The van der Waals surface area contributed by atoms with Crippen molar-refractivity contribution in [1.29, 1.82) is 0 Å². The molecular formula is C40H39Cl2F2IN6O4. The van der Waals surface area contributed by atoms with Crippen LogP contribution in [-0.2, 0) is 13.1 Å². The second-order valence-electron chi connectivity index (χ2n) is 14.9. The third-order valence-electron chi connectivity index (χ3n) is 10.9. The molecule has 2 unspecified atom stereocenters. The molecule has 15 heteroatoms. The van der Waals surface area contributed by atoms with Crippen LogP contribution in [0.2, 0.25) is 10.0 Å². The average Bonchev–Trinajstić information content (AvgIpc) is 3.41. The van der Waals surface area contributed by atoms with E-state index in [1.54, 1.807) is 25.2 Å². The van der Waals surface area contributed by atoms with E-state index in [1.807, 2.05) is 102 Å². The van der Waals surface area contributed by atoms with Crippen molar-refractivity contribution in [2.24, 2.45) is 5.41 Å². The molecule has 2 saturated heterocycles. The van der Waals surface area contributed by atoms with Gasteiger partial charge in [-0.15, -0.1) is 0 Å². The van der Waals surface area contributed by atoms with Crippen LogP contribution in [-0.4, -0.2) is 69.9 Å². The largest absolute Gasteiger partial charge is 0.497 e. The van der Waals surface area contributed by atoms with Crippen molar-refractivity contribution in [2.45, 2.75) is 58.3 Å². The first kappa shape index (κ1) is 39.0. The van der Waals surface area contributed by atoms with Gasteiger partial charge in [0.05, 0.1) is 50.7 Å². The van der Waals surface area contributed by atoms with Gasteiger partial charge < -0.3 is 24.4 Å². The van der Waals surface area contributed by atoms with E-state index in [9.17, 15) is 9.90 Å². The Morgan fingerprint density at radius 2 is 1.56 bits per heavy atom. The quantitative estimate of drug-likeness (QED) is 0.114. The molecule has 0 saturated carbocycles. The first-order valence-corrected chi connectivity index (χ1v) is 19.5. The number of hydrogen-bond acceptors (Lipinski definition) is 8. The van der Waals surface area contributed by atoms with Crippen molar-refractivity contribution in [3.05, 3.63) is 97.3 Å². The van der Waals surface area contributed by atoms with Crippen LogP contribution in [0.1, 0.15) is 44.7 Å². The van der Waals surface area contributed by atoms with Crippen molar-refractivity contribution < 1.29 is 28.2 Å². The van der Waals surface area contributed by atoms with Crippen molar-refractivity contribution in [1.82, 2.24) is 19.9 Å². The molecule has 3 aromatic carbocycles. The van der Waals surface area contributed by atoms with Crippen molar-refractivity contribution in [3.63, 3.8) is 0 Å². The molecule has 2 aliphatic heterocycles. The third-order valence-corrected chi connectivity index (χ3v) is 12.9. The van der Waals surface area contributed by atoms with Gasteiger partial charge in [0.2, 0.25) is 0 Å². The number of fused-ring (bicyclic) bond motifs is 3. The minimum absolute atomic E-state index is 0.00891. The minimum atomic E-state index is -1.12. The molecule has 55 heavy (non-hydrogen) atoms. The molecule has 10 nitrogen and oxygen atoms in total. The molecule has 0 spiro atoms. The molecule has 0 radical (unpaired) electrons. The Morgan fingerprint density at radius 3 is 2.11 bits per heavy atom. The molecule has 5 aromatic rings. The number of anilines is 2. The highest BCUT2D eigenvalue weighted by molar-refractivity contribution is 14.1. The number of carboxylic acid groups (broad SMARTS) is 1. The van der Waals surface area contributed by atoms with Crippen LogP contribution in [0.15, 0.2) is 60.7 Å². The van der Waals surface area contributed by atoms with Gasteiger partial charge in [-0.2, -0.15) is 14.4 Å². The standard InChI is InChI=1S/C40H39Cl2F2IN6O4/c1-39(2,3)40-15-14-24(51(40)38(52)53)20-50(21-40)36-27-16-28(41)31(32(43)34(27)47-37(44)48-36)35-33(45)29(42)17-30(46-35)49(18-22-6-10-25(54-4)11-7-22)19-23-8-12-26(55-5)13-9-23/h6-13,16-17,24H,14-15,18-21H2,1-5H3,(H,52,53). The van der Waals surface area contributed by atoms with E-state index in [-0.39, 0.29) is 52.1 Å². The van der Waals surface area contributed by atoms with Crippen LogP contribution in [0.3, 0.4) is 0 Å². The highest BCUT2D eigenvalue weighted by Gasteiger charge is 2.59. The van der Waals surface area contributed by atoms with E-state index < -0.39 is 28.9 Å². The number of methoxy groups -OCH3 is 2. The lowest BCUT2D eigenvalue weighted by molar-refractivity contribution is 0.00528. The van der Waals surface area contributed by atoms with Crippen molar-refractivity contribution in [3.8, 4) is 22.8 Å². The maximum atomic E-state index is 17.1. The Kier molecular flexibility index (Phi) is 10.7. The van der Waals surface area contributed by atoms with Gasteiger partial charge in [-0.25, -0.2) is 14.2 Å². The van der Waals surface area contributed by atoms with Gasteiger partial charge in [0.25, 0.3) is 0 Å². The maximum absolute atomic E-state index is 17.1. The van der Waals surface area contributed by atoms with Crippen molar-refractivity contribution >= 4 is 74.4 Å². The summed E-state index contributed by atoms with van der Waals surface area (Å²) in [5.41, 5.74) is 0.507. The van der Waals surface area contributed by atoms with Gasteiger partial charge >= 0.3 is 12.2 Å². The number of aromatic nitrogens is 3. The van der Waals surface area contributed by atoms with E-state index in [2.05, 4.69) is 9.97 Å². The fraction of sp³-hybridized carbons (Fsp3) is 0.350. The predicted octanol–water partition coefficient (Wildman–Crippen LogP) is 9.85. The molecule has 1 amide bonds. The number of halogens is 5. The predicted molar refractivity (Wildman–Crippen MR) is 219 cm³/mol. The Balaban J connectivity index is 1.32. The topological polar surface area (TPSA) is 104 Å². The van der Waals surface area contributed by atoms with E-state index in [4.69, 9.17) is 37.7 Å². The van der Waals surface area contributed by atoms with Gasteiger partial charge in [0.15, 0.2) is 5.82 Å². The number of nitrogens with zero attached hydrogens (tertiary/aromatic N) is 6. The summed E-state index contributed by atoms with van der Waals surface area (Å²) in [6, 6.07) is 18.2. The van der Waals surface area contributed by atoms with E-state index >= 15 is 8.78 Å². The zero-order valence-electron chi connectivity index (χ0n) is 30.8. The molecule has 1 N–H and O–H groups in total. The molecule has 288 valence electrons. The summed E-state index contributed by atoms with van der Waals surface area (Å²) in [5.74, 6) is 1.17. The fourth-order valence-corrected chi connectivity index (χ4v) is 9.00. The number of rotatable bonds is 9. The van der Waals surface area contributed by atoms with Crippen molar-refractivity contribution in [2.75, 3.05) is 37.1 Å². The summed E-state index contributed by atoms with van der Waals surface area (Å²) < 4.78 is 43.6. The maximum Gasteiger partial charge on any atom is 0.408 e. The lowest BCUT2D eigenvalue weighted by Gasteiger charge is -2.54. The summed E-state index contributed by atoms with van der Waals surface area (Å²) >= 11 is 15.9. The number of piperazine rings is 1. The molecule has 2 atom stereocenters.